The highest BCUT2D eigenvalue weighted by molar-refractivity contribution is 5.90. The zero-order valence-corrected chi connectivity index (χ0v) is 13.0. The van der Waals surface area contributed by atoms with Crippen molar-refractivity contribution in [2.75, 3.05) is 7.11 Å². The molecule has 0 atom stereocenters. The molecule has 0 unspecified atom stereocenters. The highest BCUT2D eigenvalue weighted by Crippen LogP contribution is 2.30. The summed E-state index contributed by atoms with van der Waals surface area (Å²) in [6, 6.07) is 17.4. The number of aryl methyl sites for hydroxylation is 3. The third kappa shape index (κ3) is 2.52. The lowest BCUT2D eigenvalue weighted by Gasteiger charge is -2.11. The molecule has 0 heterocycles. The predicted octanol–water partition coefficient (Wildman–Crippen LogP) is 5.44. The zero-order chi connectivity index (χ0) is 15.0. The molecule has 21 heavy (non-hydrogen) atoms. The molecular weight excluding hydrogens is 256 g/mol. The summed E-state index contributed by atoms with van der Waals surface area (Å²) >= 11 is 0. The van der Waals surface area contributed by atoms with Crippen molar-refractivity contribution in [3.8, 4) is 16.9 Å². The fourth-order valence-corrected chi connectivity index (χ4v) is 3.00. The molecule has 3 aromatic rings. The first-order valence-corrected chi connectivity index (χ1v) is 7.24. The molecule has 0 saturated carbocycles. The Labute approximate surface area is 126 Å². The first kappa shape index (κ1) is 13.7. The van der Waals surface area contributed by atoms with Gasteiger partial charge in [0.1, 0.15) is 5.75 Å². The fraction of sp³-hybridized carbons (Fsp3) is 0.200. The second-order valence-electron chi connectivity index (χ2n) is 5.70. The quantitative estimate of drug-likeness (QED) is 0.605. The largest absolute Gasteiger partial charge is 0.497 e. The second kappa shape index (κ2) is 5.25. The molecule has 0 spiro atoms. The molecule has 0 aliphatic carbocycles. The van der Waals surface area contributed by atoms with Gasteiger partial charge in [-0.1, -0.05) is 35.9 Å². The van der Waals surface area contributed by atoms with Crippen molar-refractivity contribution >= 4 is 10.8 Å². The van der Waals surface area contributed by atoms with Crippen LogP contribution in [0.15, 0.2) is 48.5 Å². The van der Waals surface area contributed by atoms with Crippen LogP contribution in [0.1, 0.15) is 16.7 Å². The van der Waals surface area contributed by atoms with Crippen LogP contribution in [0, 0.1) is 20.8 Å². The number of fused-ring (bicyclic) bond motifs is 1. The van der Waals surface area contributed by atoms with Crippen molar-refractivity contribution in [3.05, 3.63) is 65.2 Å². The van der Waals surface area contributed by atoms with Gasteiger partial charge in [-0.2, -0.15) is 0 Å². The van der Waals surface area contributed by atoms with E-state index in [4.69, 9.17) is 4.74 Å². The molecule has 0 radical (unpaired) electrons. The Morgan fingerprint density at radius 2 is 1.57 bits per heavy atom. The van der Waals surface area contributed by atoms with Crippen LogP contribution in [0.3, 0.4) is 0 Å². The number of hydrogen-bond acceptors (Lipinski definition) is 1. The lowest BCUT2D eigenvalue weighted by molar-refractivity contribution is 0.414. The summed E-state index contributed by atoms with van der Waals surface area (Å²) in [5.74, 6) is 0.906. The van der Waals surface area contributed by atoms with E-state index in [1.54, 1.807) is 7.11 Å². The molecule has 0 bridgehead atoms. The monoisotopic (exact) mass is 276 g/mol. The summed E-state index contributed by atoms with van der Waals surface area (Å²) in [6.45, 7) is 6.45. The van der Waals surface area contributed by atoms with Gasteiger partial charge in [0.05, 0.1) is 7.11 Å². The molecular formula is C20H20O. The Balaban J connectivity index is 2.17. The molecule has 0 fully saturated rings. The highest BCUT2D eigenvalue weighted by atomic mass is 16.5. The van der Waals surface area contributed by atoms with Crippen molar-refractivity contribution in [3.63, 3.8) is 0 Å². The summed E-state index contributed by atoms with van der Waals surface area (Å²) < 4.78 is 5.29. The van der Waals surface area contributed by atoms with E-state index in [0.717, 1.165) is 5.75 Å². The van der Waals surface area contributed by atoms with Gasteiger partial charge >= 0.3 is 0 Å². The molecule has 1 nitrogen and oxygen atoms in total. The molecule has 0 aliphatic rings. The van der Waals surface area contributed by atoms with Crippen LogP contribution in [0.25, 0.3) is 21.9 Å². The number of ether oxygens (including phenoxy) is 1. The van der Waals surface area contributed by atoms with Crippen LogP contribution in [0.2, 0.25) is 0 Å². The van der Waals surface area contributed by atoms with Crippen molar-refractivity contribution in [1.29, 1.82) is 0 Å². The van der Waals surface area contributed by atoms with E-state index < -0.39 is 0 Å². The number of benzene rings is 3. The molecule has 1 heteroatoms. The minimum Gasteiger partial charge on any atom is -0.497 e. The van der Waals surface area contributed by atoms with Crippen molar-refractivity contribution in [1.82, 2.24) is 0 Å². The molecule has 3 aromatic carbocycles. The normalized spacial score (nSPS) is 10.9. The van der Waals surface area contributed by atoms with Gasteiger partial charge in [-0.15, -0.1) is 0 Å². The van der Waals surface area contributed by atoms with Crippen LogP contribution in [0.4, 0.5) is 0 Å². The van der Waals surface area contributed by atoms with Crippen LogP contribution in [-0.4, -0.2) is 7.11 Å². The van der Waals surface area contributed by atoms with Crippen LogP contribution in [-0.2, 0) is 0 Å². The number of hydrogen-bond donors (Lipinski definition) is 0. The minimum absolute atomic E-state index is 0.906. The maximum Gasteiger partial charge on any atom is 0.119 e. The van der Waals surface area contributed by atoms with E-state index >= 15 is 0 Å². The summed E-state index contributed by atoms with van der Waals surface area (Å²) in [5, 5.41) is 2.63. The fourth-order valence-electron chi connectivity index (χ4n) is 3.00. The Morgan fingerprint density at radius 1 is 0.762 bits per heavy atom. The predicted molar refractivity (Wildman–Crippen MR) is 90.1 cm³/mol. The van der Waals surface area contributed by atoms with E-state index in [0.29, 0.717) is 0 Å². The van der Waals surface area contributed by atoms with E-state index in [9.17, 15) is 0 Å². The standard InChI is InChI=1S/C20H20O/c1-13-9-14(2)20-7-5-16(12-17(20)10-13)19-8-6-18(21-4)11-15(19)3/h5-12H,1-4H3. The Morgan fingerprint density at radius 3 is 2.29 bits per heavy atom. The maximum absolute atomic E-state index is 5.29. The van der Waals surface area contributed by atoms with E-state index in [1.807, 2.05) is 6.07 Å². The third-order valence-corrected chi connectivity index (χ3v) is 4.05. The molecule has 0 saturated heterocycles. The topological polar surface area (TPSA) is 9.23 Å². The smallest absolute Gasteiger partial charge is 0.119 e. The SMILES string of the molecule is COc1ccc(-c2ccc3c(C)cc(C)cc3c2)c(C)c1. The van der Waals surface area contributed by atoms with Crippen molar-refractivity contribution in [2.24, 2.45) is 0 Å². The van der Waals surface area contributed by atoms with E-state index in [-0.39, 0.29) is 0 Å². The third-order valence-electron chi connectivity index (χ3n) is 4.05. The lowest BCUT2D eigenvalue weighted by atomic mass is 9.95. The zero-order valence-electron chi connectivity index (χ0n) is 13.0. The first-order valence-electron chi connectivity index (χ1n) is 7.24. The summed E-state index contributed by atoms with van der Waals surface area (Å²) in [4.78, 5) is 0. The van der Waals surface area contributed by atoms with Crippen LogP contribution in [0.5, 0.6) is 5.75 Å². The van der Waals surface area contributed by atoms with Crippen LogP contribution < -0.4 is 4.74 Å². The Hall–Kier alpha value is -2.28. The Kier molecular flexibility index (Phi) is 3.42. The lowest BCUT2D eigenvalue weighted by Crippen LogP contribution is -1.88. The van der Waals surface area contributed by atoms with Gasteiger partial charge < -0.3 is 4.74 Å². The Bertz CT molecular complexity index is 815. The first-order chi connectivity index (χ1) is 10.1. The van der Waals surface area contributed by atoms with Gasteiger partial charge in [0.25, 0.3) is 0 Å². The molecule has 0 aliphatic heterocycles. The van der Waals surface area contributed by atoms with Crippen molar-refractivity contribution in [2.45, 2.75) is 20.8 Å². The summed E-state index contributed by atoms with van der Waals surface area (Å²) in [6.07, 6.45) is 0. The molecule has 0 N–H and O–H groups in total. The number of methoxy groups -OCH3 is 1. The maximum atomic E-state index is 5.29. The molecule has 3 rings (SSSR count). The van der Waals surface area contributed by atoms with Gasteiger partial charge in [0.2, 0.25) is 0 Å². The second-order valence-corrected chi connectivity index (χ2v) is 5.70. The van der Waals surface area contributed by atoms with Gasteiger partial charge in [0.15, 0.2) is 0 Å². The van der Waals surface area contributed by atoms with Gasteiger partial charge in [-0.05, 0) is 72.0 Å². The highest BCUT2D eigenvalue weighted by Gasteiger charge is 2.06. The average molecular weight is 276 g/mol. The summed E-state index contributed by atoms with van der Waals surface area (Å²) in [7, 11) is 1.70. The molecule has 0 amide bonds. The molecule has 106 valence electrons. The van der Waals surface area contributed by atoms with Gasteiger partial charge in [-0.25, -0.2) is 0 Å². The molecule has 0 aromatic heterocycles. The van der Waals surface area contributed by atoms with Gasteiger partial charge in [-0.3, -0.25) is 0 Å². The van der Waals surface area contributed by atoms with Crippen LogP contribution >= 0.6 is 0 Å². The van der Waals surface area contributed by atoms with Crippen molar-refractivity contribution < 1.29 is 4.74 Å². The number of rotatable bonds is 2. The minimum atomic E-state index is 0.906. The average Bonchev–Trinajstić information content (AvgIpc) is 2.46. The van der Waals surface area contributed by atoms with E-state index in [2.05, 4.69) is 63.2 Å². The van der Waals surface area contributed by atoms with E-state index in [1.165, 1.54) is 38.6 Å². The van der Waals surface area contributed by atoms with Gasteiger partial charge in [0, 0.05) is 0 Å². The summed E-state index contributed by atoms with van der Waals surface area (Å²) in [5.41, 5.74) is 6.40.